The van der Waals surface area contributed by atoms with Gasteiger partial charge in [0.2, 0.25) is 5.91 Å². The number of aromatic nitrogens is 1. The molecule has 0 saturated heterocycles. The van der Waals surface area contributed by atoms with Crippen LogP contribution in [0.1, 0.15) is 19.4 Å². The van der Waals surface area contributed by atoms with Crippen molar-refractivity contribution in [3.8, 4) is 0 Å². The smallest absolute Gasteiger partial charge is 0.243 e. The van der Waals surface area contributed by atoms with Gasteiger partial charge >= 0.3 is 0 Å². The lowest BCUT2D eigenvalue weighted by Gasteiger charge is -2.01. The molecular weight excluding hydrogens is 291 g/mol. The Hall–Kier alpha value is -0.840. The highest BCUT2D eigenvalue weighted by molar-refractivity contribution is 7.22. The number of rotatable bonds is 3. The van der Waals surface area contributed by atoms with E-state index >= 15 is 0 Å². The minimum atomic E-state index is -0.578. The number of amides is 1. The van der Waals surface area contributed by atoms with E-state index in [1.165, 1.54) is 11.3 Å². The summed E-state index contributed by atoms with van der Waals surface area (Å²) in [4.78, 5) is 15.9. The number of hydrogen-bond donors (Lipinski definition) is 1. The van der Waals surface area contributed by atoms with Gasteiger partial charge in [-0.1, -0.05) is 29.9 Å². The summed E-state index contributed by atoms with van der Waals surface area (Å²) in [6.45, 7) is 3.67. The van der Waals surface area contributed by atoms with Gasteiger partial charge in [-0.15, -0.1) is 11.6 Å². The average molecular weight is 303 g/mol. The molecule has 2 aromatic rings. The minimum Gasteiger partial charge on any atom is -0.301 e. The second-order valence-electron chi connectivity index (χ2n) is 3.89. The Labute approximate surface area is 119 Å². The van der Waals surface area contributed by atoms with Gasteiger partial charge in [0.25, 0.3) is 0 Å². The summed E-state index contributed by atoms with van der Waals surface area (Å²) in [6.07, 6.45) is 0.847. The molecule has 0 unspecified atom stereocenters. The van der Waals surface area contributed by atoms with Crippen molar-refractivity contribution in [2.45, 2.75) is 25.6 Å². The predicted octanol–water partition coefficient (Wildman–Crippen LogP) is 4.08. The first kappa shape index (κ1) is 13.6. The number of alkyl halides is 1. The van der Waals surface area contributed by atoms with E-state index in [0.717, 1.165) is 22.2 Å². The standard InChI is InChI=1S/C12H12Cl2N2OS/c1-3-7-4-8(14)5-9-10(7)15-12(18-9)16-11(17)6(2)13/h4-6H,3H2,1-2H3,(H,15,16,17)/t6-/m1/s1. The molecule has 0 fully saturated rings. The van der Waals surface area contributed by atoms with Crippen molar-refractivity contribution < 1.29 is 4.79 Å². The molecule has 1 N–H and O–H groups in total. The van der Waals surface area contributed by atoms with E-state index in [0.29, 0.717) is 10.2 Å². The maximum atomic E-state index is 11.5. The highest BCUT2D eigenvalue weighted by atomic mass is 35.5. The maximum absolute atomic E-state index is 11.5. The van der Waals surface area contributed by atoms with Crippen LogP contribution in [0, 0.1) is 0 Å². The first-order valence-corrected chi connectivity index (χ1v) is 7.18. The van der Waals surface area contributed by atoms with Crippen LogP contribution in [0.3, 0.4) is 0 Å². The molecule has 0 aliphatic heterocycles. The molecular formula is C12H12Cl2N2OS. The van der Waals surface area contributed by atoms with Crippen LogP contribution in [-0.4, -0.2) is 16.3 Å². The Morgan fingerprint density at radius 2 is 2.28 bits per heavy atom. The van der Waals surface area contributed by atoms with Crippen LogP contribution >= 0.6 is 34.5 Å². The van der Waals surface area contributed by atoms with Crippen molar-refractivity contribution in [1.29, 1.82) is 0 Å². The first-order chi connectivity index (χ1) is 8.51. The highest BCUT2D eigenvalue weighted by Gasteiger charge is 2.14. The highest BCUT2D eigenvalue weighted by Crippen LogP contribution is 2.31. The summed E-state index contributed by atoms with van der Waals surface area (Å²) in [5.41, 5.74) is 1.97. The molecule has 1 aromatic heterocycles. The number of nitrogens with zero attached hydrogens (tertiary/aromatic N) is 1. The molecule has 1 heterocycles. The molecule has 0 aliphatic rings. The molecule has 0 spiro atoms. The second kappa shape index (κ2) is 5.43. The van der Waals surface area contributed by atoms with E-state index in [-0.39, 0.29) is 5.91 Å². The molecule has 1 amide bonds. The van der Waals surface area contributed by atoms with Gasteiger partial charge in [0.15, 0.2) is 5.13 Å². The fourth-order valence-electron chi connectivity index (χ4n) is 1.59. The van der Waals surface area contributed by atoms with Crippen LogP contribution in [0.4, 0.5) is 5.13 Å². The quantitative estimate of drug-likeness (QED) is 0.868. The molecule has 0 radical (unpaired) electrons. The van der Waals surface area contributed by atoms with Crippen molar-refractivity contribution >= 4 is 55.8 Å². The molecule has 0 bridgehead atoms. The zero-order valence-electron chi connectivity index (χ0n) is 9.96. The lowest BCUT2D eigenvalue weighted by atomic mass is 10.1. The van der Waals surface area contributed by atoms with E-state index in [1.54, 1.807) is 6.92 Å². The molecule has 3 nitrogen and oxygen atoms in total. The number of fused-ring (bicyclic) bond motifs is 1. The molecule has 6 heteroatoms. The number of halogens is 2. The van der Waals surface area contributed by atoms with E-state index in [9.17, 15) is 4.79 Å². The molecule has 18 heavy (non-hydrogen) atoms. The Kier molecular flexibility index (Phi) is 4.10. The number of hydrogen-bond acceptors (Lipinski definition) is 3. The number of carbonyl (C=O) groups is 1. The van der Waals surface area contributed by atoms with Gasteiger partial charge in [-0.25, -0.2) is 4.98 Å². The van der Waals surface area contributed by atoms with Crippen molar-refractivity contribution in [3.63, 3.8) is 0 Å². The van der Waals surface area contributed by atoms with Crippen LogP contribution in [0.15, 0.2) is 12.1 Å². The SMILES string of the molecule is CCc1cc(Cl)cc2sc(NC(=O)[C@@H](C)Cl)nc12. The van der Waals surface area contributed by atoms with Crippen LogP contribution < -0.4 is 5.32 Å². The van der Waals surface area contributed by atoms with Crippen LogP contribution in [0.5, 0.6) is 0 Å². The third kappa shape index (κ3) is 2.76. The van der Waals surface area contributed by atoms with E-state index < -0.39 is 5.38 Å². The number of aryl methyl sites for hydroxylation is 1. The first-order valence-electron chi connectivity index (χ1n) is 5.55. The van der Waals surface area contributed by atoms with E-state index in [1.807, 2.05) is 19.1 Å². The number of thiazole rings is 1. The van der Waals surface area contributed by atoms with Crippen molar-refractivity contribution in [2.24, 2.45) is 0 Å². The Morgan fingerprint density at radius 3 is 2.89 bits per heavy atom. The van der Waals surface area contributed by atoms with Gasteiger partial charge in [-0.2, -0.15) is 0 Å². The number of anilines is 1. The van der Waals surface area contributed by atoms with Gasteiger partial charge in [-0.05, 0) is 31.0 Å². The summed E-state index contributed by atoms with van der Waals surface area (Å²) >= 11 is 13.1. The van der Waals surface area contributed by atoms with Crippen molar-refractivity contribution in [1.82, 2.24) is 4.98 Å². The van der Waals surface area contributed by atoms with Crippen LogP contribution in [0.2, 0.25) is 5.02 Å². The summed E-state index contributed by atoms with van der Waals surface area (Å²) in [5, 5.41) is 3.36. The molecule has 96 valence electrons. The van der Waals surface area contributed by atoms with Crippen LogP contribution in [0.25, 0.3) is 10.2 Å². The van der Waals surface area contributed by atoms with Gasteiger partial charge in [0.05, 0.1) is 10.2 Å². The van der Waals surface area contributed by atoms with Gasteiger partial charge in [0, 0.05) is 5.02 Å². The Bertz CT molecular complexity index is 595. The fraction of sp³-hybridized carbons (Fsp3) is 0.333. The summed E-state index contributed by atoms with van der Waals surface area (Å²) in [5.74, 6) is -0.250. The average Bonchev–Trinajstić information content (AvgIpc) is 2.69. The summed E-state index contributed by atoms with van der Waals surface area (Å²) < 4.78 is 0.969. The molecule has 1 atom stereocenters. The molecule has 0 saturated carbocycles. The lowest BCUT2D eigenvalue weighted by molar-refractivity contribution is -0.115. The third-order valence-electron chi connectivity index (χ3n) is 2.51. The second-order valence-corrected chi connectivity index (χ2v) is 6.01. The topological polar surface area (TPSA) is 42.0 Å². The largest absolute Gasteiger partial charge is 0.301 e. The monoisotopic (exact) mass is 302 g/mol. The van der Waals surface area contributed by atoms with Crippen LogP contribution in [-0.2, 0) is 11.2 Å². The van der Waals surface area contributed by atoms with Gasteiger partial charge in [0.1, 0.15) is 5.38 Å². The fourth-order valence-corrected chi connectivity index (χ4v) is 2.91. The molecule has 0 aliphatic carbocycles. The minimum absolute atomic E-state index is 0.250. The predicted molar refractivity (Wildman–Crippen MR) is 78.0 cm³/mol. The zero-order valence-corrected chi connectivity index (χ0v) is 12.3. The number of benzene rings is 1. The van der Waals surface area contributed by atoms with Crippen molar-refractivity contribution in [3.05, 3.63) is 22.7 Å². The summed E-state index contributed by atoms with van der Waals surface area (Å²) in [7, 11) is 0. The summed E-state index contributed by atoms with van der Waals surface area (Å²) in [6, 6.07) is 3.76. The molecule has 2 rings (SSSR count). The third-order valence-corrected chi connectivity index (χ3v) is 3.85. The normalized spacial score (nSPS) is 12.7. The van der Waals surface area contributed by atoms with Crippen molar-refractivity contribution in [2.75, 3.05) is 5.32 Å². The number of nitrogens with one attached hydrogen (secondary N) is 1. The Morgan fingerprint density at radius 1 is 1.56 bits per heavy atom. The Balaban J connectivity index is 2.41. The van der Waals surface area contributed by atoms with Gasteiger partial charge < -0.3 is 5.32 Å². The van der Waals surface area contributed by atoms with E-state index in [4.69, 9.17) is 23.2 Å². The van der Waals surface area contributed by atoms with E-state index in [2.05, 4.69) is 10.3 Å². The molecule has 1 aromatic carbocycles. The lowest BCUT2D eigenvalue weighted by Crippen LogP contribution is -2.20. The van der Waals surface area contributed by atoms with Gasteiger partial charge in [-0.3, -0.25) is 4.79 Å². The zero-order chi connectivity index (χ0) is 13.3. The maximum Gasteiger partial charge on any atom is 0.243 e. The number of carbonyl (C=O) groups excluding carboxylic acids is 1.